The Kier molecular flexibility index (Phi) is 5.04. The summed E-state index contributed by atoms with van der Waals surface area (Å²) in [6.07, 6.45) is 6.16. The molecule has 2 rings (SSSR count). The molecule has 0 aromatic carbocycles. The van der Waals surface area contributed by atoms with Gasteiger partial charge in [-0.15, -0.1) is 0 Å². The van der Waals surface area contributed by atoms with Crippen LogP contribution in [-0.4, -0.2) is 41.0 Å². The molecule has 0 radical (unpaired) electrons. The molecule has 1 fully saturated rings. The fourth-order valence-electron chi connectivity index (χ4n) is 2.81. The topological polar surface area (TPSA) is 51.5 Å². The first-order valence-electron chi connectivity index (χ1n) is 7.53. The van der Waals surface area contributed by atoms with Crippen molar-refractivity contribution >= 4 is 11.9 Å². The fourth-order valence-corrected chi connectivity index (χ4v) is 2.81. The van der Waals surface area contributed by atoms with E-state index in [9.17, 15) is 9.59 Å². The van der Waals surface area contributed by atoms with E-state index in [4.69, 9.17) is 4.74 Å². The van der Waals surface area contributed by atoms with Gasteiger partial charge in [0.15, 0.2) is 6.61 Å². The third-order valence-electron chi connectivity index (χ3n) is 4.41. The highest BCUT2D eigenvalue weighted by molar-refractivity contribution is 5.89. The van der Waals surface area contributed by atoms with Crippen LogP contribution in [0.3, 0.4) is 0 Å². The third-order valence-corrected chi connectivity index (χ3v) is 4.41. The van der Waals surface area contributed by atoms with Crippen LogP contribution < -0.4 is 0 Å². The Morgan fingerprint density at radius 2 is 2.00 bits per heavy atom. The van der Waals surface area contributed by atoms with Gasteiger partial charge in [0, 0.05) is 26.3 Å². The zero-order valence-corrected chi connectivity index (χ0v) is 13.0. The zero-order chi connectivity index (χ0) is 15.4. The first-order valence-corrected chi connectivity index (χ1v) is 7.53. The first-order chi connectivity index (χ1) is 9.99. The summed E-state index contributed by atoms with van der Waals surface area (Å²) in [5.41, 5.74) is 0.456. The summed E-state index contributed by atoms with van der Waals surface area (Å²) in [6.45, 7) is 2.06. The Balaban J connectivity index is 1.81. The lowest BCUT2D eigenvalue weighted by Gasteiger charge is -2.33. The average molecular weight is 292 g/mol. The predicted octanol–water partition coefficient (Wildman–Crippen LogP) is 2.22. The van der Waals surface area contributed by atoms with Crippen molar-refractivity contribution < 1.29 is 14.3 Å². The molecule has 0 aliphatic heterocycles. The van der Waals surface area contributed by atoms with Crippen LogP contribution in [0.4, 0.5) is 0 Å². The van der Waals surface area contributed by atoms with Crippen LogP contribution in [0.1, 0.15) is 43.1 Å². The van der Waals surface area contributed by atoms with Gasteiger partial charge >= 0.3 is 5.97 Å². The number of esters is 1. The molecule has 1 aliphatic rings. The van der Waals surface area contributed by atoms with Crippen LogP contribution in [0, 0.1) is 5.92 Å². The van der Waals surface area contributed by atoms with E-state index in [1.807, 2.05) is 0 Å². The minimum atomic E-state index is -0.457. The normalized spacial score (nSPS) is 21.9. The van der Waals surface area contributed by atoms with Crippen molar-refractivity contribution in [2.45, 2.75) is 38.6 Å². The highest BCUT2D eigenvalue weighted by Gasteiger charge is 2.25. The molecular formula is C16H24N2O3. The lowest BCUT2D eigenvalue weighted by atomic mass is 9.87. The van der Waals surface area contributed by atoms with E-state index >= 15 is 0 Å². The molecule has 1 heterocycles. The number of likely N-dealkylation sites (N-methyl/N-ethyl adjacent to an activating group) is 1. The second-order valence-electron chi connectivity index (χ2n) is 6.00. The van der Waals surface area contributed by atoms with E-state index in [0.717, 1.165) is 31.6 Å². The second kappa shape index (κ2) is 6.78. The molecule has 0 unspecified atom stereocenters. The van der Waals surface area contributed by atoms with Gasteiger partial charge in [-0.1, -0.05) is 6.92 Å². The summed E-state index contributed by atoms with van der Waals surface area (Å²) in [7, 11) is 3.58. The van der Waals surface area contributed by atoms with Gasteiger partial charge in [0.1, 0.15) is 5.69 Å². The van der Waals surface area contributed by atoms with Crippen molar-refractivity contribution in [3.05, 3.63) is 24.0 Å². The maximum absolute atomic E-state index is 12.1. The van der Waals surface area contributed by atoms with Gasteiger partial charge in [0.05, 0.1) is 0 Å². The molecule has 1 aromatic rings. The highest BCUT2D eigenvalue weighted by atomic mass is 16.5. The van der Waals surface area contributed by atoms with E-state index in [-0.39, 0.29) is 18.6 Å². The number of nitrogens with zero attached hydrogens (tertiary/aromatic N) is 2. The van der Waals surface area contributed by atoms with Crippen molar-refractivity contribution in [2.75, 3.05) is 13.7 Å². The van der Waals surface area contributed by atoms with Crippen molar-refractivity contribution in [2.24, 2.45) is 13.0 Å². The molecule has 0 saturated heterocycles. The number of carbonyl (C=O) groups is 2. The SMILES string of the molecule is CC1CCC(N(C)C(=O)COC(=O)c2cccn2C)CC1. The van der Waals surface area contributed by atoms with Gasteiger partial charge in [-0.05, 0) is 43.7 Å². The molecule has 0 atom stereocenters. The van der Waals surface area contributed by atoms with Gasteiger partial charge in [0.2, 0.25) is 0 Å². The number of hydrogen-bond donors (Lipinski definition) is 0. The number of aryl methyl sites for hydroxylation is 1. The number of aromatic nitrogens is 1. The maximum atomic E-state index is 12.1. The smallest absolute Gasteiger partial charge is 0.355 e. The summed E-state index contributed by atoms with van der Waals surface area (Å²) in [6, 6.07) is 3.73. The number of ether oxygens (including phenoxy) is 1. The molecule has 5 heteroatoms. The van der Waals surface area contributed by atoms with Crippen molar-refractivity contribution in [1.82, 2.24) is 9.47 Å². The van der Waals surface area contributed by atoms with E-state index in [1.54, 1.807) is 41.9 Å². The van der Waals surface area contributed by atoms with Gasteiger partial charge in [-0.3, -0.25) is 4.79 Å². The molecular weight excluding hydrogens is 268 g/mol. The van der Waals surface area contributed by atoms with Crippen LogP contribution in [0.25, 0.3) is 0 Å². The number of hydrogen-bond acceptors (Lipinski definition) is 3. The molecule has 5 nitrogen and oxygen atoms in total. The van der Waals surface area contributed by atoms with Crippen LogP contribution in [-0.2, 0) is 16.6 Å². The summed E-state index contributed by atoms with van der Waals surface area (Å²) >= 11 is 0. The molecule has 0 N–H and O–H groups in total. The Morgan fingerprint density at radius 1 is 1.33 bits per heavy atom. The molecule has 21 heavy (non-hydrogen) atoms. The van der Waals surface area contributed by atoms with Gasteiger partial charge < -0.3 is 14.2 Å². The van der Waals surface area contributed by atoms with E-state index < -0.39 is 5.97 Å². The summed E-state index contributed by atoms with van der Waals surface area (Å²) < 4.78 is 6.79. The number of carbonyl (C=O) groups excluding carboxylic acids is 2. The number of amides is 1. The zero-order valence-electron chi connectivity index (χ0n) is 13.0. The average Bonchev–Trinajstić information content (AvgIpc) is 2.90. The van der Waals surface area contributed by atoms with Crippen LogP contribution in [0.2, 0.25) is 0 Å². The lowest BCUT2D eigenvalue weighted by Crippen LogP contribution is -2.41. The Hall–Kier alpha value is -1.78. The predicted molar refractivity (Wildman–Crippen MR) is 79.9 cm³/mol. The minimum absolute atomic E-state index is 0.128. The largest absolute Gasteiger partial charge is 0.451 e. The molecule has 1 saturated carbocycles. The van der Waals surface area contributed by atoms with Crippen molar-refractivity contribution in [3.8, 4) is 0 Å². The molecule has 1 aromatic heterocycles. The standard InChI is InChI=1S/C16H24N2O3/c1-12-6-8-13(9-7-12)18(3)15(19)11-21-16(20)14-5-4-10-17(14)2/h4-5,10,12-13H,6-9,11H2,1-3H3. The lowest BCUT2D eigenvalue weighted by molar-refractivity contribution is -0.136. The first kappa shape index (κ1) is 15.6. The summed E-state index contributed by atoms with van der Waals surface area (Å²) in [4.78, 5) is 25.7. The molecule has 1 aliphatic carbocycles. The number of rotatable bonds is 4. The maximum Gasteiger partial charge on any atom is 0.355 e. The summed E-state index contributed by atoms with van der Waals surface area (Å²) in [5.74, 6) is 0.165. The van der Waals surface area contributed by atoms with Gasteiger partial charge in [-0.25, -0.2) is 4.79 Å². The van der Waals surface area contributed by atoms with Crippen LogP contribution >= 0.6 is 0 Å². The molecule has 1 amide bonds. The summed E-state index contributed by atoms with van der Waals surface area (Å²) in [5, 5.41) is 0. The van der Waals surface area contributed by atoms with Crippen molar-refractivity contribution in [3.63, 3.8) is 0 Å². The Morgan fingerprint density at radius 3 is 2.57 bits per heavy atom. The van der Waals surface area contributed by atoms with E-state index in [2.05, 4.69) is 6.92 Å². The molecule has 116 valence electrons. The molecule has 0 spiro atoms. The van der Waals surface area contributed by atoms with Crippen LogP contribution in [0.15, 0.2) is 18.3 Å². The Bertz CT molecular complexity index is 501. The minimum Gasteiger partial charge on any atom is -0.451 e. The van der Waals surface area contributed by atoms with E-state index in [1.165, 1.54) is 0 Å². The van der Waals surface area contributed by atoms with Crippen molar-refractivity contribution in [1.29, 1.82) is 0 Å². The quantitative estimate of drug-likeness (QED) is 0.800. The molecule has 0 bridgehead atoms. The monoisotopic (exact) mass is 292 g/mol. The van der Waals surface area contributed by atoms with Gasteiger partial charge in [-0.2, -0.15) is 0 Å². The third kappa shape index (κ3) is 3.86. The highest BCUT2D eigenvalue weighted by Crippen LogP contribution is 2.26. The Labute approximate surface area is 125 Å². The van der Waals surface area contributed by atoms with E-state index in [0.29, 0.717) is 5.69 Å². The van der Waals surface area contributed by atoms with Crippen LogP contribution in [0.5, 0.6) is 0 Å². The van der Waals surface area contributed by atoms with Gasteiger partial charge in [0.25, 0.3) is 5.91 Å². The fraction of sp³-hybridized carbons (Fsp3) is 0.625. The second-order valence-corrected chi connectivity index (χ2v) is 6.00.